The summed E-state index contributed by atoms with van der Waals surface area (Å²) in [6, 6.07) is 3.13. The summed E-state index contributed by atoms with van der Waals surface area (Å²) >= 11 is 5.80. The molecule has 0 aliphatic rings. The molecule has 0 heterocycles. The molecular formula is C9H11ClFNO. The molecule has 0 aliphatic carbocycles. The third-order valence-corrected chi connectivity index (χ3v) is 2.08. The molecule has 0 bridgehead atoms. The van der Waals surface area contributed by atoms with Gasteiger partial charge < -0.3 is 10.1 Å². The van der Waals surface area contributed by atoms with E-state index in [1.807, 2.05) is 0 Å². The molecule has 0 radical (unpaired) electrons. The van der Waals surface area contributed by atoms with Crippen molar-refractivity contribution in [3.05, 3.63) is 28.5 Å². The van der Waals surface area contributed by atoms with Crippen LogP contribution in [0.2, 0.25) is 5.02 Å². The minimum absolute atomic E-state index is 0.217. The van der Waals surface area contributed by atoms with Crippen LogP contribution in [0.1, 0.15) is 5.56 Å². The Balaban J connectivity index is 3.13. The van der Waals surface area contributed by atoms with Crippen LogP contribution in [0.5, 0.6) is 5.75 Å². The minimum Gasteiger partial charge on any atom is -0.494 e. The number of methoxy groups -OCH3 is 1. The molecule has 0 aromatic heterocycles. The summed E-state index contributed by atoms with van der Waals surface area (Å²) in [5, 5.41) is 3.25. The summed E-state index contributed by atoms with van der Waals surface area (Å²) in [6.07, 6.45) is 0. The first-order valence-corrected chi connectivity index (χ1v) is 4.24. The Kier molecular flexibility index (Phi) is 3.51. The van der Waals surface area contributed by atoms with Crippen molar-refractivity contribution in [2.24, 2.45) is 0 Å². The SMILES string of the molecule is CNCc1c(Cl)ccc(OC)c1F. The number of ether oxygens (including phenoxy) is 1. The predicted molar refractivity (Wildman–Crippen MR) is 50.7 cm³/mol. The number of hydrogen-bond donors (Lipinski definition) is 1. The van der Waals surface area contributed by atoms with Crippen molar-refractivity contribution in [2.45, 2.75) is 6.54 Å². The molecule has 0 aliphatic heterocycles. The fraction of sp³-hybridized carbons (Fsp3) is 0.333. The molecule has 1 N–H and O–H groups in total. The molecule has 0 spiro atoms. The van der Waals surface area contributed by atoms with Crippen molar-refractivity contribution in [3.8, 4) is 5.75 Å². The van der Waals surface area contributed by atoms with Gasteiger partial charge in [0.15, 0.2) is 11.6 Å². The monoisotopic (exact) mass is 203 g/mol. The third kappa shape index (κ3) is 2.11. The molecule has 0 amide bonds. The largest absolute Gasteiger partial charge is 0.494 e. The van der Waals surface area contributed by atoms with Gasteiger partial charge in [-0.2, -0.15) is 0 Å². The fourth-order valence-corrected chi connectivity index (χ4v) is 1.29. The Morgan fingerprint density at radius 3 is 2.77 bits per heavy atom. The van der Waals surface area contributed by atoms with Crippen LogP contribution in [0.25, 0.3) is 0 Å². The Hall–Kier alpha value is -0.800. The number of halogens is 2. The van der Waals surface area contributed by atoms with Crippen molar-refractivity contribution in [2.75, 3.05) is 14.2 Å². The van der Waals surface area contributed by atoms with Crippen LogP contribution in [0, 0.1) is 5.82 Å². The zero-order valence-corrected chi connectivity index (χ0v) is 8.28. The van der Waals surface area contributed by atoms with E-state index in [1.165, 1.54) is 13.2 Å². The standard InChI is InChI=1S/C9H11ClFNO/c1-12-5-6-7(10)3-4-8(13-2)9(6)11/h3-4,12H,5H2,1-2H3. The van der Waals surface area contributed by atoms with Gasteiger partial charge in [0.25, 0.3) is 0 Å². The smallest absolute Gasteiger partial charge is 0.171 e. The Labute approximate surface area is 81.7 Å². The summed E-state index contributed by atoms with van der Waals surface area (Å²) in [6.45, 7) is 0.391. The van der Waals surface area contributed by atoms with Gasteiger partial charge in [0.1, 0.15) is 0 Å². The quantitative estimate of drug-likeness (QED) is 0.814. The zero-order chi connectivity index (χ0) is 9.84. The molecule has 0 saturated heterocycles. The van der Waals surface area contributed by atoms with Crippen molar-refractivity contribution in [1.29, 1.82) is 0 Å². The normalized spacial score (nSPS) is 10.2. The lowest BCUT2D eigenvalue weighted by atomic mass is 10.2. The van der Waals surface area contributed by atoms with Crippen LogP contribution in [0.15, 0.2) is 12.1 Å². The Morgan fingerprint density at radius 2 is 2.23 bits per heavy atom. The van der Waals surface area contributed by atoms with E-state index in [0.717, 1.165) is 0 Å². The molecule has 4 heteroatoms. The van der Waals surface area contributed by atoms with E-state index < -0.39 is 5.82 Å². The lowest BCUT2D eigenvalue weighted by molar-refractivity contribution is 0.383. The fourth-order valence-electron chi connectivity index (χ4n) is 1.07. The topological polar surface area (TPSA) is 21.3 Å². The van der Waals surface area contributed by atoms with Gasteiger partial charge in [0.2, 0.25) is 0 Å². The molecule has 13 heavy (non-hydrogen) atoms. The Bertz CT molecular complexity index is 304. The molecule has 1 aromatic rings. The van der Waals surface area contributed by atoms with Gasteiger partial charge in [0, 0.05) is 17.1 Å². The number of benzene rings is 1. The van der Waals surface area contributed by atoms with Crippen LogP contribution in [0.3, 0.4) is 0 Å². The molecule has 0 unspecified atom stereocenters. The molecule has 1 aromatic carbocycles. The average molecular weight is 204 g/mol. The highest BCUT2D eigenvalue weighted by Crippen LogP contribution is 2.26. The van der Waals surface area contributed by atoms with Crippen LogP contribution >= 0.6 is 11.6 Å². The van der Waals surface area contributed by atoms with Crippen molar-refractivity contribution in [3.63, 3.8) is 0 Å². The van der Waals surface area contributed by atoms with Crippen molar-refractivity contribution < 1.29 is 9.13 Å². The zero-order valence-electron chi connectivity index (χ0n) is 7.53. The van der Waals surface area contributed by atoms with Gasteiger partial charge in [-0.1, -0.05) is 11.6 Å². The first-order valence-electron chi connectivity index (χ1n) is 3.86. The van der Waals surface area contributed by atoms with E-state index in [1.54, 1.807) is 13.1 Å². The second-order valence-corrected chi connectivity index (χ2v) is 2.98. The maximum atomic E-state index is 13.5. The highest BCUT2D eigenvalue weighted by atomic mass is 35.5. The molecule has 2 nitrogen and oxygen atoms in total. The second kappa shape index (κ2) is 4.44. The highest BCUT2D eigenvalue weighted by Gasteiger charge is 2.11. The van der Waals surface area contributed by atoms with Gasteiger partial charge in [0.05, 0.1) is 7.11 Å². The van der Waals surface area contributed by atoms with Crippen molar-refractivity contribution in [1.82, 2.24) is 5.32 Å². The maximum Gasteiger partial charge on any atom is 0.171 e. The first kappa shape index (κ1) is 10.3. The van der Waals surface area contributed by atoms with Gasteiger partial charge in [-0.05, 0) is 19.2 Å². The summed E-state index contributed by atoms with van der Waals surface area (Å²) < 4.78 is 18.3. The molecular weight excluding hydrogens is 193 g/mol. The molecule has 0 atom stereocenters. The maximum absolute atomic E-state index is 13.5. The van der Waals surface area contributed by atoms with E-state index in [-0.39, 0.29) is 5.75 Å². The van der Waals surface area contributed by atoms with Crippen LogP contribution in [-0.2, 0) is 6.54 Å². The summed E-state index contributed by atoms with van der Waals surface area (Å²) in [7, 11) is 3.16. The molecule has 72 valence electrons. The number of nitrogens with one attached hydrogen (secondary N) is 1. The van der Waals surface area contributed by atoms with Crippen molar-refractivity contribution >= 4 is 11.6 Å². The van der Waals surface area contributed by atoms with E-state index in [9.17, 15) is 4.39 Å². The minimum atomic E-state index is -0.399. The molecule has 0 saturated carbocycles. The lowest BCUT2D eigenvalue weighted by Crippen LogP contribution is -2.08. The summed E-state index contributed by atoms with van der Waals surface area (Å²) in [4.78, 5) is 0. The second-order valence-electron chi connectivity index (χ2n) is 2.57. The Morgan fingerprint density at radius 1 is 1.54 bits per heavy atom. The van der Waals surface area contributed by atoms with Crippen LogP contribution in [-0.4, -0.2) is 14.2 Å². The first-order chi connectivity index (χ1) is 6.20. The van der Waals surface area contributed by atoms with Gasteiger partial charge in [-0.25, -0.2) is 4.39 Å². The van der Waals surface area contributed by atoms with E-state index in [2.05, 4.69) is 5.32 Å². The molecule has 0 fully saturated rings. The van der Waals surface area contributed by atoms with Crippen LogP contribution < -0.4 is 10.1 Å². The average Bonchev–Trinajstić information content (AvgIpc) is 2.12. The predicted octanol–water partition coefficient (Wildman–Crippen LogP) is 2.21. The van der Waals surface area contributed by atoms with E-state index in [0.29, 0.717) is 17.1 Å². The van der Waals surface area contributed by atoms with Gasteiger partial charge in [-0.15, -0.1) is 0 Å². The summed E-state index contributed by atoms with van der Waals surface area (Å²) in [5.74, 6) is -0.181. The highest BCUT2D eigenvalue weighted by molar-refractivity contribution is 6.31. The van der Waals surface area contributed by atoms with Gasteiger partial charge in [-0.3, -0.25) is 0 Å². The molecule has 1 rings (SSSR count). The third-order valence-electron chi connectivity index (χ3n) is 1.72. The summed E-state index contributed by atoms with van der Waals surface area (Å²) in [5.41, 5.74) is 0.434. The number of rotatable bonds is 3. The lowest BCUT2D eigenvalue weighted by Gasteiger charge is -2.08. The van der Waals surface area contributed by atoms with Gasteiger partial charge >= 0.3 is 0 Å². The van der Waals surface area contributed by atoms with Crippen LogP contribution in [0.4, 0.5) is 4.39 Å². The van der Waals surface area contributed by atoms with E-state index >= 15 is 0 Å². The number of hydrogen-bond acceptors (Lipinski definition) is 2. The van der Waals surface area contributed by atoms with E-state index in [4.69, 9.17) is 16.3 Å².